The lowest BCUT2D eigenvalue weighted by molar-refractivity contribution is -0.149. The van der Waals surface area contributed by atoms with Crippen LogP contribution in [0.4, 0.5) is 27.2 Å². The summed E-state index contributed by atoms with van der Waals surface area (Å²) >= 11 is 0. The molecule has 10 atom stereocenters. The molecule has 6 amide bonds. The molecule has 2 aliphatic heterocycles. The molecule has 0 radical (unpaired) electrons. The Morgan fingerprint density at radius 3 is 1.17 bits per heavy atom. The summed E-state index contributed by atoms with van der Waals surface area (Å²) in [4.78, 5) is 105. The van der Waals surface area contributed by atoms with Crippen LogP contribution in [0.2, 0.25) is 0 Å². The van der Waals surface area contributed by atoms with Gasteiger partial charge in [0, 0.05) is 25.9 Å². The van der Waals surface area contributed by atoms with Gasteiger partial charge in [-0.3, -0.25) is 19.2 Å². The number of carboxylic acids is 1. The second-order valence-corrected chi connectivity index (χ2v) is 23.9. The normalized spacial score (nSPS) is 25.0. The maximum atomic E-state index is 13.7. The lowest BCUT2D eigenvalue weighted by Crippen LogP contribution is -2.60. The molecular formula is C47H76F4N6O12. The highest BCUT2D eigenvalue weighted by Crippen LogP contribution is 2.66. The summed E-state index contributed by atoms with van der Waals surface area (Å²) < 4.78 is 66.9. The van der Waals surface area contributed by atoms with Crippen molar-refractivity contribution in [3.63, 3.8) is 0 Å². The first-order chi connectivity index (χ1) is 31.1. The Morgan fingerprint density at radius 2 is 0.899 bits per heavy atom. The van der Waals surface area contributed by atoms with Crippen LogP contribution in [0.25, 0.3) is 0 Å². The van der Waals surface area contributed by atoms with Crippen LogP contribution in [0.1, 0.15) is 124 Å². The number of alkyl halides is 4. The Morgan fingerprint density at radius 1 is 0.580 bits per heavy atom. The van der Waals surface area contributed by atoms with E-state index in [-0.39, 0.29) is 47.6 Å². The lowest BCUT2D eigenvalue weighted by atomic mass is 9.85. The zero-order chi connectivity index (χ0) is 53.5. The molecule has 0 spiro atoms. The molecule has 0 aromatic rings. The van der Waals surface area contributed by atoms with Gasteiger partial charge in [0.2, 0.25) is 36.5 Å². The van der Waals surface area contributed by atoms with Crippen molar-refractivity contribution in [2.45, 2.75) is 184 Å². The number of carboxylic acid groups (broad SMARTS) is 1. The molecule has 0 unspecified atom stereocenters. The highest BCUT2D eigenvalue weighted by molar-refractivity contribution is 5.96. The van der Waals surface area contributed by atoms with E-state index in [0.29, 0.717) is 0 Å². The fraction of sp³-hybridized carbons (Fsp3) is 0.830. The SMILES string of the molecule is CC(C)(C)OC(=O)N[C@H](C(=O)N1C[C@H]2[C@@H]([C@H]1C(=O)N[C@@H](CC(F)F)C(=O)O)C2(C)C)C(C)(C)C.COC(=O)[C@H](CC(F)F)NC(=O)[C@@H]1[C@@H]2[C@H](CN1C(=O)[C@@H](NC(=O)OC(C)(C)C)C(C)(C)C)C2(C)C. The Labute approximate surface area is 402 Å². The number of hydrogen-bond donors (Lipinski definition) is 5. The fourth-order valence-corrected chi connectivity index (χ4v) is 9.55. The van der Waals surface area contributed by atoms with E-state index in [9.17, 15) is 61.0 Å². The maximum Gasteiger partial charge on any atom is 0.408 e. The van der Waals surface area contributed by atoms with Gasteiger partial charge in [0.05, 0.1) is 7.11 Å². The number of nitrogens with one attached hydrogen (secondary N) is 4. The van der Waals surface area contributed by atoms with Crippen molar-refractivity contribution >= 4 is 47.8 Å². The highest BCUT2D eigenvalue weighted by Gasteiger charge is 2.71. The van der Waals surface area contributed by atoms with E-state index in [0.717, 1.165) is 7.11 Å². The number of fused-ring (bicyclic) bond motifs is 2. The molecule has 4 aliphatic rings. The molecule has 4 rings (SSSR count). The summed E-state index contributed by atoms with van der Waals surface area (Å²) in [6.45, 7) is 29.1. The number of esters is 1. The molecule has 69 heavy (non-hydrogen) atoms. The summed E-state index contributed by atoms with van der Waals surface area (Å²) in [5.74, 6) is -5.48. The number of aliphatic carboxylic acids is 1. The van der Waals surface area contributed by atoms with E-state index in [1.54, 1.807) is 83.1 Å². The van der Waals surface area contributed by atoms with Gasteiger partial charge < -0.3 is 50.4 Å². The van der Waals surface area contributed by atoms with Crippen molar-refractivity contribution in [1.29, 1.82) is 0 Å². The third-order valence-corrected chi connectivity index (χ3v) is 13.3. The van der Waals surface area contributed by atoms with Crippen LogP contribution in [0.15, 0.2) is 0 Å². The first-order valence-corrected chi connectivity index (χ1v) is 23.2. The predicted octanol–water partition coefficient (Wildman–Crippen LogP) is 5.36. The summed E-state index contributed by atoms with van der Waals surface area (Å²) in [5, 5.41) is 19.1. The third kappa shape index (κ3) is 14.6. The van der Waals surface area contributed by atoms with Gasteiger partial charge >= 0.3 is 24.1 Å². The number of nitrogens with zero attached hydrogens (tertiary/aromatic N) is 2. The first kappa shape index (κ1) is 58.4. The average molecular weight is 993 g/mol. The number of amides is 6. The van der Waals surface area contributed by atoms with Crippen LogP contribution >= 0.6 is 0 Å². The second kappa shape index (κ2) is 20.8. The molecule has 22 heteroatoms. The number of likely N-dealkylation sites (tertiary alicyclic amines) is 2. The number of halogens is 4. The van der Waals surface area contributed by atoms with Crippen molar-refractivity contribution in [1.82, 2.24) is 31.1 Å². The molecule has 394 valence electrons. The number of carbonyl (C=O) groups excluding carboxylic acids is 7. The van der Waals surface area contributed by atoms with Crippen LogP contribution in [0.3, 0.4) is 0 Å². The number of alkyl carbamates (subject to hydrolysis) is 2. The van der Waals surface area contributed by atoms with Crippen molar-refractivity contribution in [3.05, 3.63) is 0 Å². The van der Waals surface area contributed by atoms with E-state index >= 15 is 0 Å². The van der Waals surface area contributed by atoms with Crippen molar-refractivity contribution in [2.24, 2.45) is 45.3 Å². The molecule has 2 heterocycles. The minimum absolute atomic E-state index is 0.00674. The van der Waals surface area contributed by atoms with Crippen LogP contribution in [-0.2, 0) is 43.0 Å². The van der Waals surface area contributed by atoms with Crippen molar-refractivity contribution in [3.8, 4) is 0 Å². The number of methoxy groups -OCH3 is 1. The Bertz CT molecular complexity index is 1960. The Balaban J connectivity index is 0.000000365. The quantitative estimate of drug-likeness (QED) is 0.0841. The third-order valence-electron chi connectivity index (χ3n) is 13.3. The molecule has 2 saturated carbocycles. The number of rotatable bonds is 14. The molecule has 0 aromatic heterocycles. The van der Waals surface area contributed by atoms with Crippen LogP contribution in [-0.4, -0.2) is 143 Å². The molecule has 4 fully saturated rings. The highest BCUT2D eigenvalue weighted by atomic mass is 19.3. The molecule has 2 aliphatic carbocycles. The van der Waals surface area contributed by atoms with E-state index in [4.69, 9.17) is 9.47 Å². The largest absolute Gasteiger partial charge is 0.480 e. The van der Waals surface area contributed by atoms with E-state index < -0.39 is 132 Å². The molecule has 0 aromatic carbocycles. The van der Waals surface area contributed by atoms with Gasteiger partial charge in [-0.25, -0.2) is 36.7 Å². The molecule has 18 nitrogen and oxygen atoms in total. The molecular weight excluding hydrogens is 917 g/mol. The lowest BCUT2D eigenvalue weighted by Gasteiger charge is -2.38. The van der Waals surface area contributed by atoms with Gasteiger partial charge in [0.15, 0.2) is 0 Å². The Hall–Kier alpha value is -4.92. The number of carbonyl (C=O) groups is 8. The van der Waals surface area contributed by atoms with E-state index in [1.165, 1.54) is 9.80 Å². The minimum Gasteiger partial charge on any atom is -0.480 e. The summed E-state index contributed by atoms with van der Waals surface area (Å²) in [7, 11) is 1.05. The standard InChI is InChI=1S/C24H39F2N3O6.C23H37F2N3O6/c1-22(2,3)17(28-21(33)35-23(4,5)6)19(31)29-11-12-15(24(12,7)8)16(29)18(30)27-13(10-14(25)26)20(32)34-9;1-21(2,3)16(27-20(33)34-22(4,5)6)18(30)28-10-11-14(23(11,7)8)15(28)17(29)26-12(19(31)32)9-13(24)25/h12-17H,10-11H2,1-9H3,(H,27,30)(H,28,33);11-16H,9-10H2,1-8H3,(H,26,29)(H,27,33)(H,31,32)/t12-,13-,15-,16-,17+;11-,12-,14-,15-,16+/m00/s1. The van der Waals surface area contributed by atoms with Gasteiger partial charge in [-0.1, -0.05) is 69.2 Å². The van der Waals surface area contributed by atoms with Crippen LogP contribution in [0, 0.1) is 45.3 Å². The summed E-state index contributed by atoms with van der Waals surface area (Å²) in [6, 6.07) is -7.36. The van der Waals surface area contributed by atoms with Gasteiger partial charge in [-0.15, -0.1) is 0 Å². The minimum atomic E-state index is -2.92. The van der Waals surface area contributed by atoms with Gasteiger partial charge in [0.1, 0.15) is 47.5 Å². The maximum absolute atomic E-state index is 13.7. The van der Waals surface area contributed by atoms with Gasteiger partial charge in [0.25, 0.3) is 0 Å². The predicted molar refractivity (Wildman–Crippen MR) is 243 cm³/mol. The molecule has 5 N–H and O–H groups in total. The second-order valence-electron chi connectivity index (χ2n) is 23.9. The zero-order valence-electron chi connectivity index (χ0n) is 43.1. The van der Waals surface area contributed by atoms with Gasteiger partial charge in [-0.05, 0) is 86.9 Å². The van der Waals surface area contributed by atoms with E-state index in [1.807, 2.05) is 27.7 Å². The van der Waals surface area contributed by atoms with Crippen molar-refractivity contribution in [2.75, 3.05) is 20.2 Å². The summed E-state index contributed by atoms with van der Waals surface area (Å²) in [6.07, 6.45) is -9.25. The first-order valence-electron chi connectivity index (χ1n) is 23.2. The zero-order valence-corrected chi connectivity index (χ0v) is 43.1. The molecule has 0 bridgehead atoms. The van der Waals surface area contributed by atoms with Gasteiger partial charge in [-0.2, -0.15) is 0 Å². The Kier molecular flexibility index (Phi) is 17.6. The number of hydrogen-bond acceptors (Lipinski definition) is 11. The topological polar surface area (TPSA) is 239 Å². The van der Waals surface area contributed by atoms with Crippen LogP contribution in [0.5, 0.6) is 0 Å². The van der Waals surface area contributed by atoms with Crippen molar-refractivity contribution < 1.29 is 75.2 Å². The average Bonchev–Trinajstić information content (AvgIpc) is 3.62. The summed E-state index contributed by atoms with van der Waals surface area (Å²) in [5.41, 5.74) is -3.52. The monoisotopic (exact) mass is 993 g/mol. The van der Waals surface area contributed by atoms with Crippen LogP contribution < -0.4 is 21.3 Å². The number of ether oxygens (including phenoxy) is 3. The number of piperidine rings is 2. The van der Waals surface area contributed by atoms with E-state index in [2.05, 4.69) is 26.0 Å². The molecule has 2 saturated heterocycles. The smallest absolute Gasteiger partial charge is 0.408 e. The fourth-order valence-electron chi connectivity index (χ4n) is 9.55.